The van der Waals surface area contributed by atoms with Gasteiger partial charge in [-0.3, -0.25) is 14.3 Å². The van der Waals surface area contributed by atoms with E-state index in [9.17, 15) is 9.59 Å². The van der Waals surface area contributed by atoms with Gasteiger partial charge in [-0.1, -0.05) is 6.92 Å². The molecule has 2 amide bonds. The fourth-order valence-corrected chi connectivity index (χ4v) is 1.46. The third kappa shape index (κ3) is 2.74. The molecule has 17 heavy (non-hydrogen) atoms. The van der Waals surface area contributed by atoms with Crippen molar-refractivity contribution in [2.45, 2.75) is 13.3 Å². The van der Waals surface area contributed by atoms with Crippen LogP contribution in [0, 0.1) is 0 Å². The van der Waals surface area contributed by atoms with Gasteiger partial charge < -0.3 is 16.4 Å². The number of aromatic nitrogens is 2. The van der Waals surface area contributed by atoms with Crippen molar-refractivity contribution in [2.75, 3.05) is 19.3 Å². The molecule has 0 aliphatic carbocycles. The maximum atomic E-state index is 11.8. The van der Waals surface area contributed by atoms with E-state index in [4.69, 9.17) is 5.73 Å². The summed E-state index contributed by atoms with van der Waals surface area (Å²) in [7, 11) is 3.15. The maximum absolute atomic E-state index is 11.8. The molecule has 1 rings (SSSR count). The van der Waals surface area contributed by atoms with Gasteiger partial charge in [0.05, 0.1) is 17.9 Å². The molecule has 0 radical (unpaired) electrons. The van der Waals surface area contributed by atoms with Crippen LogP contribution in [-0.4, -0.2) is 35.2 Å². The Kier molecular flexibility index (Phi) is 4.08. The lowest BCUT2D eigenvalue weighted by molar-refractivity contribution is -0.119. The number of carbonyl (C=O) groups excluding carboxylic acids is 2. The normalized spacial score (nSPS) is 10.1. The summed E-state index contributed by atoms with van der Waals surface area (Å²) >= 11 is 0. The minimum atomic E-state index is -0.402. The quantitative estimate of drug-likeness (QED) is 0.629. The van der Waals surface area contributed by atoms with Crippen LogP contribution in [0.1, 0.15) is 23.1 Å². The van der Waals surface area contributed by atoms with E-state index in [0.29, 0.717) is 17.8 Å². The van der Waals surface area contributed by atoms with Crippen molar-refractivity contribution in [3.05, 3.63) is 11.4 Å². The summed E-state index contributed by atoms with van der Waals surface area (Å²) in [6.07, 6.45) is 0.655. The lowest BCUT2D eigenvalue weighted by atomic mass is 10.2. The number of likely N-dealkylation sites (N-methyl/N-ethyl adjacent to an activating group) is 1. The second-order valence-electron chi connectivity index (χ2n) is 3.54. The number of nitrogen functional groups attached to an aromatic ring is 1. The topological polar surface area (TPSA) is 102 Å². The number of aryl methyl sites for hydroxylation is 2. The first kappa shape index (κ1) is 13.0. The molecule has 0 saturated heterocycles. The molecule has 0 fully saturated rings. The van der Waals surface area contributed by atoms with Gasteiger partial charge in [-0.2, -0.15) is 5.10 Å². The zero-order valence-corrected chi connectivity index (χ0v) is 10.2. The number of amides is 2. The highest BCUT2D eigenvalue weighted by Gasteiger charge is 2.19. The Balaban J connectivity index is 2.82. The molecule has 0 saturated carbocycles. The standard InChI is InChI=1S/C10H17N5O2/c1-4-6-8(11)9(15(3)14-6)10(17)13-5-7(16)12-2/h4-5,11H2,1-3H3,(H,12,16)(H,13,17). The van der Waals surface area contributed by atoms with Gasteiger partial charge in [0.1, 0.15) is 5.69 Å². The van der Waals surface area contributed by atoms with Crippen LogP contribution in [-0.2, 0) is 18.3 Å². The molecule has 94 valence electrons. The van der Waals surface area contributed by atoms with Crippen LogP contribution in [0.15, 0.2) is 0 Å². The first-order valence-corrected chi connectivity index (χ1v) is 5.31. The van der Waals surface area contributed by atoms with E-state index >= 15 is 0 Å². The average Bonchev–Trinajstić information content (AvgIpc) is 2.60. The lowest BCUT2D eigenvalue weighted by Gasteiger charge is -2.05. The number of carbonyl (C=O) groups is 2. The molecule has 7 nitrogen and oxygen atoms in total. The van der Waals surface area contributed by atoms with E-state index < -0.39 is 5.91 Å². The number of anilines is 1. The third-order valence-corrected chi connectivity index (χ3v) is 2.40. The van der Waals surface area contributed by atoms with Crippen molar-refractivity contribution < 1.29 is 9.59 Å². The van der Waals surface area contributed by atoms with Crippen molar-refractivity contribution in [3.63, 3.8) is 0 Å². The summed E-state index contributed by atoms with van der Waals surface area (Å²) in [5, 5.41) is 9.01. The Hall–Kier alpha value is -2.05. The largest absolute Gasteiger partial charge is 0.395 e. The highest BCUT2D eigenvalue weighted by molar-refractivity contribution is 5.99. The summed E-state index contributed by atoms with van der Waals surface area (Å²) < 4.78 is 1.42. The van der Waals surface area contributed by atoms with Crippen LogP contribution < -0.4 is 16.4 Å². The number of hydrogen-bond donors (Lipinski definition) is 3. The van der Waals surface area contributed by atoms with Gasteiger partial charge >= 0.3 is 0 Å². The van der Waals surface area contributed by atoms with E-state index in [1.807, 2.05) is 6.92 Å². The maximum Gasteiger partial charge on any atom is 0.272 e. The Morgan fingerprint density at radius 2 is 2.12 bits per heavy atom. The smallest absolute Gasteiger partial charge is 0.272 e. The SMILES string of the molecule is CCc1nn(C)c(C(=O)NCC(=O)NC)c1N. The van der Waals surface area contributed by atoms with Crippen LogP contribution >= 0.6 is 0 Å². The Morgan fingerprint density at radius 1 is 1.47 bits per heavy atom. The van der Waals surface area contributed by atoms with Gasteiger partial charge in [-0.15, -0.1) is 0 Å². The highest BCUT2D eigenvalue weighted by Crippen LogP contribution is 2.16. The monoisotopic (exact) mass is 239 g/mol. The molecule has 0 aliphatic heterocycles. The highest BCUT2D eigenvalue weighted by atomic mass is 16.2. The zero-order chi connectivity index (χ0) is 13.0. The fraction of sp³-hybridized carbons (Fsp3) is 0.500. The molecule has 7 heteroatoms. The number of nitrogens with two attached hydrogens (primary N) is 1. The summed E-state index contributed by atoms with van der Waals surface area (Å²) in [6, 6.07) is 0. The molecule has 4 N–H and O–H groups in total. The Labute approximate surface area is 99.4 Å². The number of nitrogens with one attached hydrogen (secondary N) is 2. The molecule has 0 unspecified atom stereocenters. The second kappa shape index (κ2) is 5.33. The first-order chi connectivity index (χ1) is 8.01. The van der Waals surface area contributed by atoms with Gasteiger partial charge in [-0.05, 0) is 6.42 Å². The fourth-order valence-electron chi connectivity index (χ4n) is 1.46. The summed E-state index contributed by atoms with van der Waals surface area (Å²) in [5.74, 6) is -0.671. The van der Waals surface area contributed by atoms with Crippen molar-refractivity contribution in [2.24, 2.45) is 7.05 Å². The van der Waals surface area contributed by atoms with Crippen LogP contribution in [0.2, 0.25) is 0 Å². The average molecular weight is 239 g/mol. The minimum Gasteiger partial charge on any atom is -0.395 e. The summed E-state index contributed by atoms with van der Waals surface area (Å²) in [4.78, 5) is 22.8. The van der Waals surface area contributed by atoms with Crippen molar-refractivity contribution in [1.29, 1.82) is 0 Å². The second-order valence-corrected chi connectivity index (χ2v) is 3.54. The van der Waals surface area contributed by atoms with Crippen molar-refractivity contribution in [1.82, 2.24) is 20.4 Å². The van der Waals surface area contributed by atoms with Crippen LogP contribution in [0.3, 0.4) is 0 Å². The molecule has 0 aliphatic rings. The summed E-state index contributed by atoms with van der Waals surface area (Å²) in [6.45, 7) is 1.83. The van der Waals surface area contributed by atoms with Gasteiger partial charge in [-0.25, -0.2) is 0 Å². The van der Waals surface area contributed by atoms with Crippen molar-refractivity contribution >= 4 is 17.5 Å². The van der Waals surface area contributed by atoms with E-state index in [1.165, 1.54) is 11.7 Å². The molecule has 0 atom stereocenters. The van der Waals surface area contributed by atoms with E-state index in [2.05, 4.69) is 15.7 Å². The Bertz CT molecular complexity index is 438. The number of rotatable bonds is 4. The van der Waals surface area contributed by atoms with Gasteiger partial charge in [0.2, 0.25) is 5.91 Å². The van der Waals surface area contributed by atoms with Crippen LogP contribution in [0.5, 0.6) is 0 Å². The van der Waals surface area contributed by atoms with Gasteiger partial charge in [0.15, 0.2) is 0 Å². The predicted molar refractivity (Wildman–Crippen MR) is 63.4 cm³/mol. The lowest BCUT2D eigenvalue weighted by Crippen LogP contribution is -2.36. The van der Waals surface area contributed by atoms with Crippen molar-refractivity contribution in [3.8, 4) is 0 Å². The molecule has 0 bridgehead atoms. The van der Waals surface area contributed by atoms with Crippen LogP contribution in [0.25, 0.3) is 0 Å². The zero-order valence-electron chi connectivity index (χ0n) is 10.2. The first-order valence-electron chi connectivity index (χ1n) is 5.31. The summed E-state index contributed by atoms with van der Waals surface area (Å²) in [5.41, 5.74) is 7.14. The molecule has 1 aromatic rings. The number of hydrogen-bond acceptors (Lipinski definition) is 4. The molecule has 1 heterocycles. The molecule has 0 aromatic carbocycles. The van der Waals surface area contributed by atoms with Gasteiger partial charge in [0.25, 0.3) is 5.91 Å². The predicted octanol–water partition coefficient (Wildman–Crippen LogP) is -0.959. The van der Waals surface area contributed by atoms with Gasteiger partial charge in [0, 0.05) is 14.1 Å². The van der Waals surface area contributed by atoms with E-state index in [1.54, 1.807) is 7.05 Å². The number of nitrogens with zero attached hydrogens (tertiary/aromatic N) is 2. The molecular formula is C10H17N5O2. The van der Waals surface area contributed by atoms with E-state index in [0.717, 1.165) is 0 Å². The van der Waals surface area contributed by atoms with Crippen LogP contribution in [0.4, 0.5) is 5.69 Å². The molecule has 1 aromatic heterocycles. The minimum absolute atomic E-state index is 0.0819. The third-order valence-electron chi connectivity index (χ3n) is 2.40. The molecular weight excluding hydrogens is 222 g/mol. The Morgan fingerprint density at radius 3 is 2.59 bits per heavy atom. The molecule has 0 spiro atoms. The van der Waals surface area contributed by atoms with E-state index in [-0.39, 0.29) is 18.1 Å².